The van der Waals surface area contributed by atoms with Gasteiger partial charge in [-0.2, -0.15) is 0 Å². The molecule has 25 heavy (non-hydrogen) atoms. The first-order valence-corrected chi connectivity index (χ1v) is 12.4. The van der Waals surface area contributed by atoms with Gasteiger partial charge < -0.3 is 9.16 Å². The summed E-state index contributed by atoms with van der Waals surface area (Å²) in [5.41, 5.74) is 0.867. The monoisotopic (exact) mass is 360 g/mol. The summed E-state index contributed by atoms with van der Waals surface area (Å²) in [6, 6.07) is 10.2. The number of fused-ring (bicyclic) bond motifs is 3. The van der Waals surface area contributed by atoms with E-state index in [9.17, 15) is 4.79 Å². The molecule has 0 aromatic heterocycles. The summed E-state index contributed by atoms with van der Waals surface area (Å²) in [5, 5.41) is 0.152. The Morgan fingerprint density at radius 3 is 2.48 bits per heavy atom. The number of ketones is 1. The van der Waals surface area contributed by atoms with Crippen LogP contribution in [0.3, 0.4) is 0 Å². The lowest BCUT2D eigenvalue weighted by atomic mass is 9.65. The molecular formula is C21H32O3Si. The highest BCUT2D eigenvalue weighted by Crippen LogP contribution is 2.50. The van der Waals surface area contributed by atoms with E-state index in [4.69, 9.17) is 9.16 Å². The van der Waals surface area contributed by atoms with Gasteiger partial charge in [0.2, 0.25) is 0 Å². The zero-order valence-corrected chi connectivity index (χ0v) is 17.3. The van der Waals surface area contributed by atoms with Crippen molar-refractivity contribution in [2.75, 3.05) is 0 Å². The average molecular weight is 361 g/mol. The number of benzene rings is 1. The summed E-state index contributed by atoms with van der Waals surface area (Å²) in [6.45, 7) is 11.9. The molecule has 0 N–H and O–H groups in total. The molecule has 3 aliphatic rings. The van der Waals surface area contributed by atoms with Gasteiger partial charge in [-0.15, -0.1) is 0 Å². The Kier molecular flexibility index (Phi) is 4.99. The quantitative estimate of drug-likeness (QED) is 0.685. The normalized spacial score (nSPS) is 29.9. The molecule has 1 aromatic carbocycles. The summed E-state index contributed by atoms with van der Waals surface area (Å²) in [6.07, 6.45) is 3.35. The van der Waals surface area contributed by atoms with Gasteiger partial charge in [0.05, 0.1) is 18.3 Å². The van der Waals surface area contributed by atoms with Crippen molar-refractivity contribution in [2.24, 2.45) is 5.92 Å². The van der Waals surface area contributed by atoms with Crippen LogP contribution < -0.4 is 0 Å². The molecule has 3 saturated carbocycles. The number of hydrogen-bond acceptors (Lipinski definition) is 3. The van der Waals surface area contributed by atoms with Gasteiger partial charge in [0.1, 0.15) is 5.78 Å². The Bertz CT molecular complexity index is 620. The van der Waals surface area contributed by atoms with E-state index in [0.29, 0.717) is 18.8 Å². The van der Waals surface area contributed by atoms with E-state index in [1.165, 1.54) is 0 Å². The maximum atomic E-state index is 12.7. The summed E-state index contributed by atoms with van der Waals surface area (Å²) in [4.78, 5) is 12.7. The number of Topliss-reactive ketones (excluding diaryl/α,β-unsaturated/α-hetero) is 1. The van der Waals surface area contributed by atoms with Crippen LogP contribution in [0, 0.1) is 5.92 Å². The fraction of sp³-hybridized carbons (Fsp3) is 0.667. The molecule has 0 saturated heterocycles. The van der Waals surface area contributed by atoms with Gasteiger partial charge >= 0.3 is 0 Å². The van der Waals surface area contributed by atoms with Crippen LogP contribution in [0.2, 0.25) is 18.1 Å². The number of carbonyl (C=O) groups is 1. The molecule has 0 spiro atoms. The second kappa shape index (κ2) is 6.64. The maximum absolute atomic E-state index is 12.7. The van der Waals surface area contributed by atoms with Gasteiger partial charge in [0.15, 0.2) is 8.32 Å². The fourth-order valence-corrected chi connectivity index (χ4v) is 5.61. The Balaban J connectivity index is 1.72. The predicted molar refractivity (Wildman–Crippen MR) is 103 cm³/mol. The number of hydrogen-bond donors (Lipinski definition) is 0. The third-order valence-electron chi connectivity index (χ3n) is 6.43. The molecule has 0 heterocycles. The molecule has 3 atom stereocenters. The molecular weight excluding hydrogens is 328 g/mol. The van der Waals surface area contributed by atoms with Crippen molar-refractivity contribution in [1.29, 1.82) is 0 Å². The van der Waals surface area contributed by atoms with Crippen LogP contribution in [0.1, 0.15) is 52.0 Å². The van der Waals surface area contributed by atoms with E-state index in [-0.39, 0.29) is 22.7 Å². The SMILES string of the molecule is CC(C)(C)[Si](C)(C)O[C@]12CC[C@@H](C(=O)C1)[C@@H](OCc1ccccc1)C2. The zero-order chi connectivity index (χ0) is 18.3. The molecule has 3 nitrogen and oxygen atoms in total. The molecule has 1 aromatic rings. The number of ether oxygens (including phenoxy) is 1. The first-order valence-electron chi connectivity index (χ1n) is 9.50. The van der Waals surface area contributed by atoms with Crippen molar-refractivity contribution in [2.45, 2.75) is 82.9 Å². The average Bonchev–Trinajstić information content (AvgIpc) is 2.52. The third kappa shape index (κ3) is 3.91. The molecule has 0 amide bonds. The minimum absolute atomic E-state index is 0.0000236. The molecule has 4 rings (SSSR count). The third-order valence-corrected chi connectivity index (χ3v) is 11.0. The largest absolute Gasteiger partial charge is 0.411 e. The Morgan fingerprint density at radius 2 is 1.88 bits per heavy atom. The first kappa shape index (κ1) is 18.8. The molecule has 0 unspecified atom stereocenters. The van der Waals surface area contributed by atoms with Crippen molar-refractivity contribution in [3.05, 3.63) is 35.9 Å². The predicted octanol–water partition coefficient (Wildman–Crippen LogP) is 5.11. The minimum atomic E-state index is -1.91. The summed E-state index contributed by atoms with van der Waals surface area (Å²) >= 11 is 0. The summed E-state index contributed by atoms with van der Waals surface area (Å²) in [5.74, 6) is 0.405. The van der Waals surface area contributed by atoms with Crippen molar-refractivity contribution in [1.82, 2.24) is 0 Å². The van der Waals surface area contributed by atoms with Crippen molar-refractivity contribution < 1.29 is 14.0 Å². The van der Waals surface area contributed by atoms with E-state index >= 15 is 0 Å². The molecule has 3 aliphatic carbocycles. The van der Waals surface area contributed by atoms with Gasteiger partial charge in [-0.25, -0.2) is 0 Å². The van der Waals surface area contributed by atoms with Crippen LogP contribution in [0.25, 0.3) is 0 Å². The molecule has 2 bridgehead atoms. The van der Waals surface area contributed by atoms with Crippen LogP contribution in [-0.2, 0) is 20.6 Å². The number of rotatable bonds is 5. The first-order chi connectivity index (χ1) is 11.6. The lowest BCUT2D eigenvalue weighted by Crippen LogP contribution is -2.59. The van der Waals surface area contributed by atoms with Gasteiger partial charge in [-0.05, 0) is 36.5 Å². The summed E-state index contributed by atoms with van der Waals surface area (Å²) < 4.78 is 13.0. The van der Waals surface area contributed by atoms with Crippen molar-refractivity contribution >= 4 is 14.1 Å². The highest BCUT2D eigenvalue weighted by atomic mass is 28.4. The second-order valence-corrected chi connectivity index (χ2v) is 14.1. The Labute approximate surface area is 153 Å². The Morgan fingerprint density at radius 1 is 1.20 bits per heavy atom. The molecule has 4 heteroatoms. The van der Waals surface area contributed by atoms with Crippen LogP contribution in [0.4, 0.5) is 0 Å². The number of carbonyl (C=O) groups excluding carboxylic acids is 1. The highest BCUT2D eigenvalue weighted by Gasteiger charge is 2.55. The van der Waals surface area contributed by atoms with Crippen LogP contribution >= 0.6 is 0 Å². The topological polar surface area (TPSA) is 35.5 Å². The van der Waals surface area contributed by atoms with E-state index in [0.717, 1.165) is 24.8 Å². The molecule has 0 radical (unpaired) electrons. The van der Waals surface area contributed by atoms with E-state index in [1.54, 1.807) is 0 Å². The lowest BCUT2D eigenvalue weighted by Gasteiger charge is -2.53. The summed E-state index contributed by atoms with van der Waals surface area (Å²) in [7, 11) is -1.91. The van der Waals surface area contributed by atoms with Crippen molar-refractivity contribution in [3.63, 3.8) is 0 Å². The molecule has 3 fully saturated rings. The smallest absolute Gasteiger partial charge is 0.192 e. The van der Waals surface area contributed by atoms with E-state index < -0.39 is 8.32 Å². The zero-order valence-electron chi connectivity index (χ0n) is 16.3. The van der Waals surface area contributed by atoms with Crippen LogP contribution in [0.15, 0.2) is 30.3 Å². The molecule has 138 valence electrons. The van der Waals surface area contributed by atoms with Gasteiger partial charge in [-0.1, -0.05) is 51.1 Å². The van der Waals surface area contributed by atoms with E-state index in [2.05, 4.69) is 46.0 Å². The minimum Gasteiger partial charge on any atom is -0.411 e. The van der Waals surface area contributed by atoms with E-state index in [1.807, 2.05) is 18.2 Å². The van der Waals surface area contributed by atoms with Crippen molar-refractivity contribution in [3.8, 4) is 0 Å². The van der Waals surface area contributed by atoms with Crippen LogP contribution in [-0.4, -0.2) is 25.8 Å². The second-order valence-electron chi connectivity index (χ2n) is 9.37. The van der Waals surface area contributed by atoms with Gasteiger partial charge in [-0.3, -0.25) is 4.79 Å². The Hall–Kier alpha value is -0.973. The lowest BCUT2D eigenvalue weighted by molar-refractivity contribution is -0.162. The molecule has 0 aliphatic heterocycles. The maximum Gasteiger partial charge on any atom is 0.192 e. The van der Waals surface area contributed by atoms with Gasteiger partial charge in [0.25, 0.3) is 0 Å². The standard InChI is InChI=1S/C21H32O3Si/c1-20(2,3)25(4,5)24-21-12-11-17(18(22)13-21)19(14-21)23-15-16-9-7-6-8-10-16/h6-10,17,19H,11-15H2,1-5H3/t17-,19-,21+/m0/s1. The van der Waals surface area contributed by atoms with Crippen LogP contribution in [0.5, 0.6) is 0 Å². The fourth-order valence-electron chi connectivity index (χ4n) is 3.97. The highest BCUT2D eigenvalue weighted by molar-refractivity contribution is 6.74. The van der Waals surface area contributed by atoms with Gasteiger partial charge in [0, 0.05) is 18.8 Å².